The molecule has 2 N–H and O–H groups in total. The van der Waals surface area contributed by atoms with Crippen molar-refractivity contribution in [3.05, 3.63) is 0 Å². The predicted molar refractivity (Wildman–Crippen MR) is 69.5 cm³/mol. The highest BCUT2D eigenvalue weighted by Gasteiger charge is 2.25. The summed E-state index contributed by atoms with van der Waals surface area (Å²) in [6.07, 6.45) is 7.58. The Morgan fingerprint density at radius 3 is 2.44 bits per heavy atom. The van der Waals surface area contributed by atoms with Crippen LogP contribution >= 0.6 is 0 Å². The molecule has 3 unspecified atom stereocenters. The second-order valence-corrected chi connectivity index (χ2v) is 5.61. The lowest BCUT2D eigenvalue weighted by molar-refractivity contribution is 0.167. The molecular formula is C14H29NO. The molecule has 0 saturated heterocycles. The number of hydrogen-bond donors (Lipinski definition) is 2. The Kier molecular flexibility index (Phi) is 6.37. The molecule has 0 aromatic rings. The van der Waals surface area contributed by atoms with Crippen LogP contribution in [0.1, 0.15) is 59.3 Å². The summed E-state index contributed by atoms with van der Waals surface area (Å²) >= 11 is 0. The van der Waals surface area contributed by atoms with E-state index < -0.39 is 0 Å². The van der Waals surface area contributed by atoms with Crippen molar-refractivity contribution in [3.63, 3.8) is 0 Å². The first-order valence-corrected chi connectivity index (χ1v) is 7.06. The summed E-state index contributed by atoms with van der Waals surface area (Å²) in [5, 5.41) is 13.3. The molecule has 96 valence electrons. The topological polar surface area (TPSA) is 32.3 Å². The zero-order valence-corrected chi connectivity index (χ0v) is 11.2. The maximum atomic E-state index is 9.47. The van der Waals surface area contributed by atoms with Crippen molar-refractivity contribution in [1.82, 2.24) is 5.32 Å². The van der Waals surface area contributed by atoms with E-state index in [-0.39, 0.29) is 0 Å². The van der Waals surface area contributed by atoms with E-state index in [9.17, 15) is 5.11 Å². The van der Waals surface area contributed by atoms with E-state index >= 15 is 0 Å². The molecule has 0 heterocycles. The fourth-order valence-corrected chi connectivity index (χ4v) is 2.88. The Labute approximate surface area is 101 Å². The predicted octanol–water partition coefficient (Wildman–Crippen LogP) is 2.95. The van der Waals surface area contributed by atoms with Gasteiger partial charge in [0.2, 0.25) is 0 Å². The SMILES string of the molecule is CCC(NC1CCCCCC1CO)C(C)C. The Morgan fingerprint density at radius 2 is 1.88 bits per heavy atom. The van der Waals surface area contributed by atoms with E-state index in [1.807, 2.05) is 0 Å². The molecule has 0 aliphatic heterocycles. The first-order valence-electron chi connectivity index (χ1n) is 7.06. The summed E-state index contributed by atoms with van der Waals surface area (Å²) in [5.74, 6) is 1.17. The van der Waals surface area contributed by atoms with Gasteiger partial charge in [-0.1, -0.05) is 40.0 Å². The van der Waals surface area contributed by atoms with Crippen LogP contribution in [0.4, 0.5) is 0 Å². The molecule has 0 bridgehead atoms. The number of nitrogens with one attached hydrogen (secondary N) is 1. The lowest BCUT2D eigenvalue weighted by atomic mass is 9.92. The van der Waals surface area contributed by atoms with Crippen molar-refractivity contribution < 1.29 is 5.11 Å². The fraction of sp³-hybridized carbons (Fsp3) is 1.00. The highest BCUT2D eigenvalue weighted by atomic mass is 16.3. The molecule has 1 fully saturated rings. The molecule has 1 saturated carbocycles. The third kappa shape index (κ3) is 4.06. The highest BCUT2D eigenvalue weighted by molar-refractivity contribution is 4.83. The van der Waals surface area contributed by atoms with Gasteiger partial charge in [-0.2, -0.15) is 0 Å². The van der Waals surface area contributed by atoms with Crippen LogP contribution in [-0.2, 0) is 0 Å². The fourth-order valence-electron chi connectivity index (χ4n) is 2.88. The van der Waals surface area contributed by atoms with Crippen LogP contribution in [0, 0.1) is 11.8 Å². The summed E-state index contributed by atoms with van der Waals surface area (Å²) in [6.45, 7) is 7.17. The summed E-state index contributed by atoms with van der Waals surface area (Å²) in [7, 11) is 0. The second-order valence-electron chi connectivity index (χ2n) is 5.61. The molecule has 0 aromatic heterocycles. The highest BCUT2D eigenvalue weighted by Crippen LogP contribution is 2.24. The number of aliphatic hydroxyl groups is 1. The Bertz CT molecular complexity index is 182. The van der Waals surface area contributed by atoms with E-state index in [0.717, 1.165) is 0 Å². The molecule has 1 aliphatic carbocycles. The van der Waals surface area contributed by atoms with Crippen molar-refractivity contribution in [3.8, 4) is 0 Å². The number of hydrogen-bond acceptors (Lipinski definition) is 2. The van der Waals surface area contributed by atoms with Crippen LogP contribution in [0.2, 0.25) is 0 Å². The normalized spacial score (nSPS) is 29.1. The molecule has 3 atom stereocenters. The maximum absolute atomic E-state index is 9.47. The first kappa shape index (κ1) is 14.0. The Hall–Kier alpha value is -0.0800. The van der Waals surface area contributed by atoms with E-state index in [1.165, 1.54) is 38.5 Å². The van der Waals surface area contributed by atoms with Gasteiger partial charge in [-0.05, 0) is 31.1 Å². The van der Waals surface area contributed by atoms with Crippen LogP contribution in [0.15, 0.2) is 0 Å². The smallest absolute Gasteiger partial charge is 0.0474 e. The minimum Gasteiger partial charge on any atom is -0.396 e. The van der Waals surface area contributed by atoms with Gasteiger partial charge < -0.3 is 10.4 Å². The quantitative estimate of drug-likeness (QED) is 0.708. The van der Waals surface area contributed by atoms with Crippen LogP contribution in [0.25, 0.3) is 0 Å². The molecule has 0 spiro atoms. The molecule has 0 radical (unpaired) electrons. The van der Waals surface area contributed by atoms with Gasteiger partial charge in [0.05, 0.1) is 0 Å². The van der Waals surface area contributed by atoms with Crippen molar-refractivity contribution in [2.24, 2.45) is 11.8 Å². The lowest BCUT2D eigenvalue weighted by Gasteiger charge is -2.31. The monoisotopic (exact) mass is 227 g/mol. The average molecular weight is 227 g/mol. The van der Waals surface area contributed by atoms with Gasteiger partial charge in [0, 0.05) is 18.7 Å². The summed E-state index contributed by atoms with van der Waals surface area (Å²) in [4.78, 5) is 0. The second kappa shape index (κ2) is 7.29. The first-order chi connectivity index (χ1) is 7.69. The zero-order valence-electron chi connectivity index (χ0n) is 11.2. The van der Waals surface area contributed by atoms with Crippen molar-refractivity contribution >= 4 is 0 Å². The van der Waals surface area contributed by atoms with Crippen molar-refractivity contribution in [2.45, 2.75) is 71.4 Å². The molecule has 0 amide bonds. The summed E-state index contributed by atoms with van der Waals surface area (Å²) in [6, 6.07) is 1.15. The maximum Gasteiger partial charge on any atom is 0.0474 e. The third-order valence-electron chi connectivity index (χ3n) is 4.07. The summed E-state index contributed by atoms with van der Waals surface area (Å²) in [5.41, 5.74) is 0. The van der Waals surface area contributed by atoms with E-state index in [4.69, 9.17) is 0 Å². The van der Waals surface area contributed by atoms with Gasteiger partial charge in [0.15, 0.2) is 0 Å². The standard InChI is InChI=1S/C14H29NO/c1-4-13(11(2)3)15-14-9-7-5-6-8-12(14)10-16/h11-16H,4-10H2,1-3H3. The third-order valence-corrected chi connectivity index (χ3v) is 4.07. The minimum atomic E-state index is 0.353. The van der Waals surface area contributed by atoms with Gasteiger partial charge in [0.1, 0.15) is 0 Å². The Balaban J connectivity index is 2.53. The molecule has 1 aliphatic rings. The molecule has 16 heavy (non-hydrogen) atoms. The van der Waals surface area contributed by atoms with Gasteiger partial charge >= 0.3 is 0 Å². The van der Waals surface area contributed by atoms with E-state index in [1.54, 1.807) is 0 Å². The molecule has 2 nitrogen and oxygen atoms in total. The molecule has 1 rings (SSSR count). The van der Waals surface area contributed by atoms with E-state index in [2.05, 4.69) is 26.1 Å². The number of rotatable bonds is 5. The van der Waals surface area contributed by atoms with Gasteiger partial charge in [0.25, 0.3) is 0 Å². The van der Waals surface area contributed by atoms with Crippen LogP contribution in [0.3, 0.4) is 0 Å². The minimum absolute atomic E-state index is 0.353. The largest absolute Gasteiger partial charge is 0.396 e. The molecular weight excluding hydrogens is 198 g/mol. The van der Waals surface area contributed by atoms with Crippen LogP contribution in [-0.4, -0.2) is 23.8 Å². The van der Waals surface area contributed by atoms with Crippen molar-refractivity contribution in [2.75, 3.05) is 6.61 Å². The number of aliphatic hydroxyl groups excluding tert-OH is 1. The molecule has 0 aromatic carbocycles. The zero-order chi connectivity index (χ0) is 12.0. The molecule has 2 heteroatoms. The van der Waals surface area contributed by atoms with Gasteiger partial charge in [-0.15, -0.1) is 0 Å². The lowest BCUT2D eigenvalue weighted by Crippen LogP contribution is -2.45. The Morgan fingerprint density at radius 1 is 1.19 bits per heavy atom. The van der Waals surface area contributed by atoms with Crippen molar-refractivity contribution in [1.29, 1.82) is 0 Å². The van der Waals surface area contributed by atoms with E-state index in [0.29, 0.717) is 30.5 Å². The average Bonchev–Trinajstić information content (AvgIpc) is 2.49. The van der Waals surface area contributed by atoms with Gasteiger partial charge in [-0.25, -0.2) is 0 Å². The summed E-state index contributed by atoms with van der Waals surface area (Å²) < 4.78 is 0. The van der Waals surface area contributed by atoms with Crippen LogP contribution < -0.4 is 5.32 Å². The van der Waals surface area contributed by atoms with Gasteiger partial charge in [-0.3, -0.25) is 0 Å². The van der Waals surface area contributed by atoms with Crippen LogP contribution in [0.5, 0.6) is 0 Å².